The second kappa shape index (κ2) is 7.37. The number of anilines is 3. The van der Waals surface area contributed by atoms with E-state index in [0.29, 0.717) is 11.4 Å². The van der Waals surface area contributed by atoms with Gasteiger partial charge in [0.2, 0.25) is 5.91 Å². The molecule has 1 fully saturated rings. The molecule has 1 N–H and O–H groups in total. The molecule has 0 atom stereocenters. The molecule has 2 aromatic rings. The minimum Gasteiger partial charge on any atom is -0.372 e. The van der Waals surface area contributed by atoms with Crippen LogP contribution in [0.5, 0.6) is 0 Å². The van der Waals surface area contributed by atoms with Gasteiger partial charge in [-0.25, -0.2) is 8.42 Å². The van der Waals surface area contributed by atoms with Crippen LogP contribution < -0.4 is 14.5 Å². The topological polar surface area (TPSA) is 69.7 Å². The Morgan fingerprint density at radius 3 is 2.12 bits per heavy atom. The normalized spacial score (nSPS) is 14.3. The van der Waals surface area contributed by atoms with Crippen LogP contribution in [0, 0.1) is 0 Å². The van der Waals surface area contributed by atoms with E-state index in [1.54, 1.807) is 19.2 Å². The van der Waals surface area contributed by atoms with Crippen LogP contribution in [0.2, 0.25) is 0 Å². The van der Waals surface area contributed by atoms with Crippen LogP contribution >= 0.6 is 0 Å². The first kappa shape index (κ1) is 18.3. The summed E-state index contributed by atoms with van der Waals surface area (Å²) in [5.74, 6) is -0.198. The standard InChI is InChI=1S/C19H23N3O3S/c1-15(23)20-16-5-11-19(12-6-16)26(24,25)21(2)17-7-9-18(10-8-17)22-13-3-4-14-22/h5-12H,3-4,13-14H2,1-2H3,(H,20,23). The highest BCUT2D eigenvalue weighted by Gasteiger charge is 2.21. The highest BCUT2D eigenvalue weighted by molar-refractivity contribution is 7.92. The van der Waals surface area contributed by atoms with Crippen molar-refractivity contribution in [3.63, 3.8) is 0 Å². The zero-order chi connectivity index (χ0) is 18.7. The number of benzene rings is 2. The smallest absolute Gasteiger partial charge is 0.264 e. The zero-order valence-electron chi connectivity index (χ0n) is 15.0. The molecule has 26 heavy (non-hydrogen) atoms. The first-order chi connectivity index (χ1) is 12.4. The van der Waals surface area contributed by atoms with Crippen molar-refractivity contribution in [3.8, 4) is 0 Å². The van der Waals surface area contributed by atoms with E-state index in [9.17, 15) is 13.2 Å². The zero-order valence-corrected chi connectivity index (χ0v) is 15.8. The predicted molar refractivity (Wildman–Crippen MR) is 104 cm³/mol. The molecule has 6 nitrogen and oxygen atoms in total. The maximum atomic E-state index is 12.8. The minimum absolute atomic E-state index is 0.178. The molecule has 1 aliphatic heterocycles. The molecule has 1 aliphatic rings. The van der Waals surface area contributed by atoms with E-state index in [4.69, 9.17) is 0 Å². The van der Waals surface area contributed by atoms with E-state index in [1.807, 2.05) is 24.3 Å². The fourth-order valence-electron chi connectivity index (χ4n) is 3.06. The Balaban J connectivity index is 1.78. The average molecular weight is 373 g/mol. The van der Waals surface area contributed by atoms with Crippen LogP contribution in [0.3, 0.4) is 0 Å². The molecule has 1 saturated heterocycles. The molecule has 0 aliphatic carbocycles. The second-order valence-electron chi connectivity index (χ2n) is 6.39. The Morgan fingerprint density at radius 1 is 1.00 bits per heavy atom. The molecule has 1 heterocycles. The van der Waals surface area contributed by atoms with Crippen molar-refractivity contribution in [2.24, 2.45) is 0 Å². The molecular formula is C19H23N3O3S. The maximum absolute atomic E-state index is 12.8. The summed E-state index contributed by atoms with van der Waals surface area (Å²) in [5, 5.41) is 2.63. The number of hydrogen-bond donors (Lipinski definition) is 1. The van der Waals surface area contributed by atoms with Gasteiger partial charge >= 0.3 is 0 Å². The van der Waals surface area contributed by atoms with E-state index in [2.05, 4.69) is 10.2 Å². The van der Waals surface area contributed by atoms with Crippen LogP contribution in [-0.4, -0.2) is 34.5 Å². The van der Waals surface area contributed by atoms with Crippen molar-refractivity contribution < 1.29 is 13.2 Å². The molecule has 138 valence electrons. The fourth-order valence-corrected chi connectivity index (χ4v) is 4.25. The Bertz CT molecular complexity index is 871. The van der Waals surface area contributed by atoms with Gasteiger partial charge in [-0.1, -0.05) is 0 Å². The molecule has 2 aromatic carbocycles. The quantitative estimate of drug-likeness (QED) is 0.874. The SMILES string of the molecule is CC(=O)Nc1ccc(S(=O)(=O)N(C)c2ccc(N3CCCC3)cc2)cc1. The van der Waals surface area contributed by atoms with E-state index < -0.39 is 10.0 Å². The van der Waals surface area contributed by atoms with Gasteiger partial charge in [0.15, 0.2) is 0 Å². The van der Waals surface area contributed by atoms with Gasteiger partial charge in [0.05, 0.1) is 10.6 Å². The van der Waals surface area contributed by atoms with Crippen LogP contribution in [0.4, 0.5) is 17.1 Å². The van der Waals surface area contributed by atoms with Crippen molar-refractivity contribution in [1.29, 1.82) is 0 Å². The number of nitrogens with one attached hydrogen (secondary N) is 1. The minimum atomic E-state index is -3.66. The van der Waals surface area contributed by atoms with Gasteiger partial charge in [-0.3, -0.25) is 9.10 Å². The molecule has 0 bridgehead atoms. The van der Waals surface area contributed by atoms with Crippen molar-refractivity contribution >= 4 is 33.0 Å². The number of rotatable bonds is 5. The number of sulfonamides is 1. The molecule has 7 heteroatoms. The Morgan fingerprint density at radius 2 is 1.58 bits per heavy atom. The van der Waals surface area contributed by atoms with Gasteiger partial charge in [0.1, 0.15) is 0 Å². The summed E-state index contributed by atoms with van der Waals surface area (Å²) in [5.41, 5.74) is 2.30. The van der Waals surface area contributed by atoms with Gasteiger partial charge in [0, 0.05) is 38.4 Å². The third kappa shape index (κ3) is 3.83. The highest BCUT2D eigenvalue weighted by Crippen LogP contribution is 2.27. The summed E-state index contributed by atoms with van der Waals surface area (Å²) in [6.07, 6.45) is 2.40. The molecule has 0 unspecified atom stereocenters. The number of carbonyl (C=O) groups is 1. The van der Waals surface area contributed by atoms with Crippen molar-refractivity contribution in [1.82, 2.24) is 0 Å². The Kier molecular flexibility index (Phi) is 5.18. The largest absolute Gasteiger partial charge is 0.372 e. The summed E-state index contributed by atoms with van der Waals surface area (Å²) < 4.78 is 26.9. The molecular weight excluding hydrogens is 350 g/mol. The van der Waals surface area contributed by atoms with Crippen LogP contribution in [0.25, 0.3) is 0 Å². The average Bonchev–Trinajstić information content (AvgIpc) is 3.16. The molecule has 1 amide bonds. The van der Waals surface area contributed by atoms with Gasteiger partial charge in [0.25, 0.3) is 10.0 Å². The Hall–Kier alpha value is -2.54. The van der Waals surface area contributed by atoms with Gasteiger partial charge in [-0.15, -0.1) is 0 Å². The van der Waals surface area contributed by atoms with Crippen LogP contribution in [0.15, 0.2) is 53.4 Å². The molecule has 0 spiro atoms. The molecule has 0 aromatic heterocycles. The summed E-state index contributed by atoms with van der Waals surface area (Å²) in [6.45, 7) is 3.51. The summed E-state index contributed by atoms with van der Waals surface area (Å²) in [7, 11) is -2.12. The van der Waals surface area contributed by atoms with E-state index in [1.165, 1.54) is 36.2 Å². The lowest BCUT2D eigenvalue weighted by molar-refractivity contribution is -0.114. The Labute approximate surface area is 154 Å². The van der Waals surface area contributed by atoms with Gasteiger partial charge in [-0.2, -0.15) is 0 Å². The van der Waals surface area contributed by atoms with Crippen molar-refractivity contribution in [2.45, 2.75) is 24.7 Å². The lowest BCUT2D eigenvalue weighted by atomic mass is 10.2. The number of nitrogens with zero attached hydrogens (tertiary/aromatic N) is 2. The summed E-state index contributed by atoms with van der Waals surface area (Å²) in [6, 6.07) is 13.7. The third-order valence-electron chi connectivity index (χ3n) is 4.52. The monoisotopic (exact) mass is 373 g/mol. The number of hydrogen-bond acceptors (Lipinski definition) is 4. The number of amides is 1. The predicted octanol–water partition coefficient (Wildman–Crippen LogP) is 3.07. The van der Waals surface area contributed by atoms with E-state index >= 15 is 0 Å². The van der Waals surface area contributed by atoms with Crippen LogP contribution in [-0.2, 0) is 14.8 Å². The maximum Gasteiger partial charge on any atom is 0.264 e. The van der Waals surface area contributed by atoms with Gasteiger partial charge < -0.3 is 10.2 Å². The highest BCUT2D eigenvalue weighted by atomic mass is 32.2. The number of carbonyl (C=O) groups excluding carboxylic acids is 1. The molecule has 0 radical (unpaired) electrons. The lowest BCUT2D eigenvalue weighted by Gasteiger charge is -2.22. The second-order valence-corrected chi connectivity index (χ2v) is 8.36. The van der Waals surface area contributed by atoms with Gasteiger partial charge in [-0.05, 0) is 61.4 Å². The van der Waals surface area contributed by atoms with E-state index in [0.717, 1.165) is 18.8 Å². The van der Waals surface area contributed by atoms with Crippen molar-refractivity contribution in [3.05, 3.63) is 48.5 Å². The summed E-state index contributed by atoms with van der Waals surface area (Å²) >= 11 is 0. The van der Waals surface area contributed by atoms with E-state index in [-0.39, 0.29) is 10.8 Å². The van der Waals surface area contributed by atoms with Crippen molar-refractivity contribution in [2.75, 3.05) is 34.7 Å². The fraction of sp³-hybridized carbons (Fsp3) is 0.316. The third-order valence-corrected chi connectivity index (χ3v) is 6.32. The first-order valence-electron chi connectivity index (χ1n) is 8.59. The molecule has 0 saturated carbocycles. The molecule has 3 rings (SSSR count). The first-order valence-corrected chi connectivity index (χ1v) is 10.0. The van der Waals surface area contributed by atoms with Crippen LogP contribution in [0.1, 0.15) is 19.8 Å². The lowest BCUT2D eigenvalue weighted by Crippen LogP contribution is -2.26. The summed E-state index contributed by atoms with van der Waals surface area (Å²) in [4.78, 5) is 13.6.